The largest absolute Gasteiger partial charge is 0.420 e. The van der Waals surface area contributed by atoms with Crippen LogP contribution in [0.25, 0.3) is 21.5 Å². The first-order valence-electron chi connectivity index (χ1n) is 8.35. The predicted octanol–water partition coefficient (Wildman–Crippen LogP) is 3.16. The van der Waals surface area contributed by atoms with E-state index in [4.69, 9.17) is 4.42 Å². The molecule has 0 radical (unpaired) electrons. The lowest BCUT2D eigenvalue weighted by atomic mass is 10.1. The van der Waals surface area contributed by atoms with E-state index in [0.29, 0.717) is 22.2 Å². The molecule has 3 aromatic heterocycles. The van der Waals surface area contributed by atoms with E-state index in [2.05, 4.69) is 20.5 Å². The van der Waals surface area contributed by atoms with Crippen LogP contribution in [0.2, 0.25) is 0 Å². The van der Waals surface area contributed by atoms with Crippen LogP contribution in [0.4, 0.5) is 16.5 Å². The second kappa shape index (κ2) is 7.37. The highest BCUT2D eigenvalue weighted by Crippen LogP contribution is 2.32. The summed E-state index contributed by atoms with van der Waals surface area (Å²) in [5, 5.41) is 32.6. The molecule has 0 aliphatic heterocycles. The zero-order chi connectivity index (χ0) is 20.5. The summed E-state index contributed by atoms with van der Waals surface area (Å²) >= 11 is 1.05. The number of nitrogens with zero attached hydrogens (tertiary/aromatic N) is 4. The number of aromatic nitrogens is 3. The zero-order valence-electron chi connectivity index (χ0n) is 14.9. The minimum Gasteiger partial charge on any atom is -0.420 e. The Morgan fingerprint density at radius 3 is 2.86 bits per heavy atom. The summed E-state index contributed by atoms with van der Waals surface area (Å²) in [5.74, 6) is 0. The number of nitro groups is 1. The smallest absolute Gasteiger partial charge is 0.346 e. The predicted molar refractivity (Wildman–Crippen MR) is 106 cm³/mol. The highest BCUT2D eigenvalue weighted by atomic mass is 32.1. The third-order valence-electron chi connectivity index (χ3n) is 4.20. The molecule has 0 spiro atoms. The summed E-state index contributed by atoms with van der Waals surface area (Å²) in [6.07, 6.45) is 1.52. The van der Waals surface area contributed by atoms with E-state index in [9.17, 15) is 20.0 Å². The first-order chi connectivity index (χ1) is 14.0. The molecular formula is C18H13N5O5S. The van der Waals surface area contributed by atoms with Gasteiger partial charge in [-0.15, -0.1) is 10.2 Å². The van der Waals surface area contributed by atoms with E-state index >= 15 is 0 Å². The van der Waals surface area contributed by atoms with E-state index in [1.807, 2.05) is 0 Å². The number of hydrogen-bond donors (Lipinski definition) is 2. The molecular weight excluding hydrogens is 398 g/mol. The molecule has 146 valence electrons. The fourth-order valence-corrected chi connectivity index (χ4v) is 3.55. The Hall–Kier alpha value is -3.70. The van der Waals surface area contributed by atoms with Crippen molar-refractivity contribution >= 4 is 38.8 Å². The number of aliphatic hydroxyl groups excluding tert-OH is 1. The van der Waals surface area contributed by atoms with Crippen molar-refractivity contribution in [2.24, 2.45) is 0 Å². The van der Waals surface area contributed by atoms with E-state index < -0.39 is 10.5 Å². The normalized spacial score (nSPS) is 11.0. The van der Waals surface area contributed by atoms with Gasteiger partial charge in [-0.2, -0.15) is 0 Å². The molecule has 1 aromatic carbocycles. The number of hydrogen-bond acceptors (Lipinski definition) is 10. The number of benzene rings is 1. The number of nitro benzene ring substituents is 1. The van der Waals surface area contributed by atoms with Gasteiger partial charge in [0.05, 0.1) is 22.8 Å². The average molecular weight is 411 g/mol. The maximum absolute atomic E-state index is 12.5. The van der Waals surface area contributed by atoms with Gasteiger partial charge >= 0.3 is 5.63 Å². The third kappa shape index (κ3) is 3.44. The molecule has 0 amide bonds. The van der Waals surface area contributed by atoms with Crippen molar-refractivity contribution in [2.45, 2.75) is 13.5 Å². The van der Waals surface area contributed by atoms with Crippen LogP contribution in [0, 0.1) is 17.0 Å². The number of aliphatic hydroxyl groups is 1. The van der Waals surface area contributed by atoms with Gasteiger partial charge in [-0.05, 0) is 19.1 Å². The highest BCUT2D eigenvalue weighted by molar-refractivity contribution is 7.18. The molecule has 0 saturated heterocycles. The first kappa shape index (κ1) is 18.7. The van der Waals surface area contributed by atoms with Gasteiger partial charge < -0.3 is 14.8 Å². The number of para-hydroxylation sites is 2. The topological polar surface area (TPSA) is 144 Å². The lowest BCUT2D eigenvalue weighted by molar-refractivity contribution is -0.383. The van der Waals surface area contributed by atoms with Crippen molar-refractivity contribution in [1.82, 2.24) is 15.2 Å². The molecule has 0 aliphatic carbocycles. The summed E-state index contributed by atoms with van der Waals surface area (Å²) in [4.78, 5) is 27.2. The number of aryl methyl sites for hydroxylation is 1. The lowest BCUT2D eigenvalue weighted by Gasteiger charge is -2.05. The van der Waals surface area contributed by atoms with E-state index in [1.54, 1.807) is 31.2 Å². The van der Waals surface area contributed by atoms with Gasteiger partial charge in [-0.3, -0.25) is 15.1 Å². The molecule has 0 bridgehead atoms. The van der Waals surface area contributed by atoms with Gasteiger partial charge in [0.25, 0.3) is 5.69 Å². The molecule has 0 saturated carbocycles. The van der Waals surface area contributed by atoms with Crippen LogP contribution in [0.3, 0.4) is 0 Å². The SMILES string of the molecule is Cc1ncc(CO)c2cc(-c3nnc(Nc4ccccc4[N+](=O)[O-])s3)c(=O)oc12. The molecule has 2 N–H and O–H groups in total. The van der Waals surface area contributed by atoms with Crippen LogP contribution in [0.15, 0.2) is 45.7 Å². The van der Waals surface area contributed by atoms with Crippen molar-refractivity contribution in [2.75, 3.05) is 5.32 Å². The molecule has 3 heterocycles. The van der Waals surface area contributed by atoms with Gasteiger partial charge in [-0.25, -0.2) is 4.79 Å². The van der Waals surface area contributed by atoms with Gasteiger partial charge in [0.1, 0.15) is 5.69 Å². The second-order valence-electron chi connectivity index (χ2n) is 6.03. The summed E-state index contributed by atoms with van der Waals surface area (Å²) in [6.45, 7) is 1.43. The van der Waals surface area contributed by atoms with Crippen molar-refractivity contribution in [3.63, 3.8) is 0 Å². The monoisotopic (exact) mass is 411 g/mol. The highest BCUT2D eigenvalue weighted by Gasteiger charge is 2.18. The molecule has 0 aliphatic rings. The maximum atomic E-state index is 12.5. The number of fused-ring (bicyclic) bond motifs is 1. The Balaban J connectivity index is 1.75. The molecule has 0 fully saturated rings. The summed E-state index contributed by atoms with van der Waals surface area (Å²) in [6, 6.07) is 7.71. The third-order valence-corrected chi connectivity index (χ3v) is 5.08. The minimum absolute atomic E-state index is 0.106. The number of anilines is 2. The fourth-order valence-electron chi connectivity index (χ4n) is 2.79. The Kier molecular flexibility index (Phi) is 4.74. The molecule has 0 atom stereocenters. The minimum atomic E-state index is -0.620. The van der Waals surface area contributed by atoms with E-state index in [1.165, 1.54) is 12.3 Å². The van der Waals surface area contributed by atoms with Crippen LogP contribution in [-0.2, 0) is 6.61 Å². The number of nitrogens with one attached hydrogen (secondary N) is 1. The summed E-state index contributed by atoms with van der Waals surface area (Å²) in [7, 11) is 0. The molecule has 4 rings (SSSR count). The zero-order valence-corrected chi connectivity index (χ0v) is 15.8. The standard InChI is InChI=1S/C18H13N5O5S/c1-9-15-11(10(8-24)7-19-9)6-12(17(25)28-15)16-21-22-18(29-16)20-13-4-2-3-5-14(13)23(26)27/h2-7,24H,8H2,1H3,(H,20,22). The van der Waals surface area contributed by atoms with E-state index in [-0.39, 0.29) is 33.7 Å². The van der Waals surface area contributed by atoms with Gasteiger partial charge in [0.15, 0.2) is 10.6 Å². The van der Waals surface area contributed by atoms with Crippen LogP contribution >= 0.6 is 11.3 Å². The van der Waals surface area contributed by atoms with Crippen LogP contribution in [0.5, 0.6) is 0 Å². The van der Waals surface area contributed by atoms with Crippen molar-refractivity contribution < 1.29 is 14.4 Å². The average Bonchev–Trinajstić information content (AvgIpc) is 3.17. The van der Waals surface area contributed by atoms with Gasteiger partial charge in [-0.1, -0.05) is 23.5 Å². The van der Waals surface area contributed by atoms with Gasteiger partial charge in [0, 0.05) is 23.2 Å². The number of pyridine rings is 1. The second-order valence-corrected chi connectivity index (χ2v) is 7.01. The molecule has 0 unspecified atom stereocenters. The summed E-state index contributed by atoms with van der Waals surface area (Å²) in [5.41, 5.74) is 1.04. The van der Waals surface area contributed by atoms with Crippen molar-refractivity contribution in [1.29, 1.82) is 0 Å². The summed E-state index contributed by atoms with van der Waals surface area (Å²) < 4.78 is 5.40. The van der Waals surface area contributed by atoms with Crippen molar-refractivity contribution in [3.05, 3.63) is 68.3 Å². The fraction of sp³-hybridized carbons (Fsp3) is 0.111. The van der Waals surface area contributed by atoms with Crippen LogP contribution in [-0.4, -0.2) is 25.2 Å². The molecule has 10 nitrogen and oxygen atoms in total. The Morgan fingerprint density at radius 1 is 1.31 bits per heavy atom. The Bertz CT molecular complexity index is 1300. The molecule has 29 heavy (non-hydrogen) atoms. The van der Waals surface area contributed by atoms with Gasteiger partial charge in [0.2, 0.25) is 5.13 Å². The molecule has 4 aromatic rings. The Morgan fingerprint density at radius 2 is 2.10 bits per heavy atom. The quantitative estimate of drug-likeness (QED) is 0.373. The molecule has 11 heteroatoms. The first-order valence-corrected chi connectivity index (χ1v) is 9.17. The van der Waals surface area contributed by atoms with Crippen molar-refractivity contribution in [3.8, 4) is 10.6 Å². The Labute approximate surface area is 166 Å². The number of rotatable bonds is 5. The maximum Gasteiger partial charge on any atom is 0.346 e. The van der Waals surface area contributed by atoms with Crippen LogP contribution in [0.1, 0.15) is 11.3 Å². The van der Waals surface area contributed by atoms with Crippen LogP contribution < -0.4 is 10.9 Å². The lowest BCUT2D eigenvalue weighted by Crippen LogP contribution is -2.05. The van der Waals surface area contributed by atoms with E-state index in [0.717, 1.165) is 11.3 Å².